The molecule has 87 valence electrons. The molecule has 1 unspecified atom stereocenters. The number of hydrogen-bond donors (Lipinski definition) is 1. The quantitative estimate of drug-likeness (QED) is 0.612. The van der Waals surface area contributed by atoms with Crippen LogP contribution in [0, 0.1) is 17.0 Å². The van der Waals surface area contributed by atoms with Gasteiger partial charge in [-0.15, -0.1) is 0 Å². The lowest BCUT2D eigenvalue weighted by Crippen LogP contribution is -2.02. The fourth-order valence-corrected chi connectivity index (χ4v) is 1.30. The number of hydrogen-bond acceptors (Lipinski definition) is 4. The van der Waals surface area contributed by atoms with Crippen LogP contribution in [0.5, 0.6) is 5.75 Å². The van der Waals surface area contributed by atoms with Gasteiger partial charge in [-0.3, -0.25) is 10.1 Å². The molecule has 1 N–H and O–H groups in total. The van der Waals surface area contributed by atoms with Crippen molar-refractivity contribution >= 4 is 5.69 Å². The second-order valence-corrected chi connectivity index (χ2v) is 3.33. The second kappa shape index (κ2) is 5.46. The molecule has 16 heavy (non-hydrogen) atoms. The summed E-state index contributed by atoms with van der Waals surface area (Å²) in [4.78, 5) is 10.2. The number of nitro groups is 1. The number of aliphatic hydroxyl groups excluding tert-OH is 1. The average Bonchev–Trinajstić information content (AvgIpc) is 2.28. The maximum absolute atomic E-state index is 10.7. The van der Waals surface area contributed by atoms with E-state index in [1.54, 1.807) is 13.0 Å². The standard InChI is InChI=1S/C11H14NO4/c1-3-16-11-5-9(8(2)7-13)4-10(6-11)12(14)15/h4-6,8,13H,2-3,7H2,1H3. The predicted octanol–water partition coefficient (Wildman–Crippen LogP) is 1.90. The van der Waals surface area contributed by atoms with Gasteiger partial charge in [0.1, 0.15) is 5.75 Å². The SMILES string of the molecule is [CH2]C(CO)c1cc(OCC)cc([N+](=O)[O-])c1. The van der Waals surface area contributed by atoms with Crippen molar-refractivity contribution < 1.29 is 14.8 Å². The van der Waals surface area contributed by atoms with Crippen molar-refractivity contribution in [3.05, 3.63) is 40.8 Å². The third-order valence-corrected chi connectivity index (χ3v) is 2.13. The fourth-order valence-electron chi connectivity index (χ4n) is 1.30. The zero-order valence-electron chi connectivity index (χ0n) is 9.05. The largest absolute Gasteiger partial charge is 0.494 e. The minimum atomic E-state index is -0.490. The normalized spacial score (nSPS) is 12.2. The summed E-state index contributed by atoms with van der Waals surface area (Å²) in [5.41, 5.74) is 0.545. The van der Waals surface area contributed by atoms with Gasteiger partial charge >= 0.3 is 0 Å². The molecular weight excluding hydrogens is 210 g/mol. The summed E-state index contributed by atoms with van der Waals surface area (Å²) in [6.45, 7) is 5.77. The van der Waals surface area contributed by atoms with Crippen LogP contribution in [0.2, 0.25) is 0 Å². The highest BCUT2D eigenvalue weighted by Crippen LogP contribution is 2.27. The molecule has 0 aliphatic heterocycles. The molecule has 0 aliphatic rings. The Kier molecular flexibility index (Phi) is 4.25. The van der Waals surface area contributed by atoms with Crippen molar-refractivity contribution in [1.82, 2.24) is 0 Å². The molecular formula is C11H14NO4. The van der Waals surface area contributed by atoms with E-state index in [9.17, 15) is 10.1 Å². The van der Waals surface area contributed by atoms with Gasteiger partial charge in [0.2, 0.25) is 0 Å². The summed E-state index contributed by atoms with van der Waals surface area (Å²) in [7, 11) is 0. The first-order chi connectivity index (χ1) is 7.58. The second-order valence-electron chi connectivity index (χ2n) is 3.33. The van der Waals surface area contributed by atoms with Crippen molar-refractivity contribution in [2.45, 2.75) is 12.8 Å². The molecule has 0 fully saturated rings. The highest BCUT2D eigenvalue weighted by molar-refractivity contribution is 5.44. The van der Waals surface area contributed by atoms with Crippen LogP contribution in [0.4, 0.5) is 5.69 Å². The third-order valence-electron chi connectivity index (χ3n) is 2.13. The van der Waals surface area contributed by atoms with Gasteiger partial charge in [0.05, 0.1) is 17.6 Å². The van der Waals surface area contributed by atoms with E-state index < -0.39 is 4.92 Å². The Bertz CT molecular complexity index is 378. The first-order valence-corrected chi connectivity index (χ1v) is 4.94. The Labute approximate surface area is 93.8 Å². The van der Waals surface area contributed by atoms with E-state index in [-0.39, 0.29) is 18.2 Å². The molecule has 1 radical (unpaired) electrons. The number of rotatable bonds is 5. The first-order valence-electron chi connectivity index (χ1n) is 4.94. The molecule has 1 aromatic carbocycles. The van der Waals surface area contributed by atoms with Crippen molar-refractivity contribution in [3.63, 3.8) is 0 Å². The minimum Gasteiger partial charge on any atom is -0.494 e. The van der Waals surface area contributed by atoms with Gasteiger partial charge in [-0.1, -0.05) is 0 Å². The molecule has 0 aliphatic carbocycles. The number of benzene rings is 1. The molecule has 0 aromatic heterocycles. The zero-order valence-corrected chi connectivity index (χ0v) is 9.05. The highest BCUT2D eigenvalue weighted by Gasteiger charge is 2.13. The van der Waals surface area contributed by atoms with E-state index in [1.807, 2.05) is 0 Å². The molecule has 0 amide bonds. The summed E-state index contributed by atoms with van der Waals surface area (Å²) in [5.74, 6) is 0.0351. The Morgan fingerprint density at radius 2 is 2.25 bits per heavy atom. The summed E-state index contributed by atoms with van der Waals surface area (Å²) < 4.78 is 5.22. The maximum Gasteiger partial charge on any atom is 0.273 e. The van der Waals surface area contributed by atoms with Crippen LogP contribution in [0.15, 0.2) is 18.2 Å². The minimum absolute atomic E-state index is 0.0527. The molecule has 0 bridgehead atoms. The third kappa shape index (κ3) is 2.93. The monoisotopic (exact) mass is 224 g/mol. The molecule has 0 heterocycles. The van der Waals surface area contributed by atoms with Crippen LogP contribution < -0.4 is 4.74 Å². The number of nitro benzene ring substituents is 1. The lowest BCUT2D eigenvalue weighted by atomic mass is 10.0. The van der Waals surface area contributed by atoms with Gasteiger partial charge in [0, 0.05) is 18.6 Å². The fraction of sp³-hybridized carbons (Fsp3) is 0.364. The molecule has 5 heteroatoms. The van der Waals surface area contributed by atoms with Crippen LogP contribution in [-0.2, 0) is 0 Å². The molecule has 1 aromatic rings. The van der Waals surface area contributed by atoms with E-state index in [4.69, 9.17) is 9.84 Å². The summed E-state index contributed by atoms with van der Waals surface area (Å²) in [5, 5.41) is 19.7. The van der Waals surface area contributed by atoms with Crippen molar-refractivity contribution in [2.24, 2.45) is 0 Å². The molecule has 0 spiro atoms. The number of ether oxygens (including phenoxy) is 1. The van der Waals surface area contributed by atoms with E-state index >= 15 is 0 Å². The van der Waals surface area contributed by atoms with E-state index in [2.05, 4.69) is 6.92 Å². The molecule has 1 atom stereocenters. The van der Waals surface area contributed by atoms with Gasteiger partial charge in [0.25, 0.3) is 5.69 Å². The van der Waals surface area contributed by atoms with Gasteiger partial charge < -0.3 is 9.84 Å². The summed E-state index contributed by atoms with van der Waals surface area (Å²) >= 11 is 0. The summed E-state index contributed by atoms with van der Waals surface area (Å²) in [6.07, 6.45) is 0. The topological polar surface area (TPSA) is 72.6 Å². The van der Waals surface area contributed by atoms with Crippen LogP contribution in [0.3, 0.4) is 0 Å². The van der Waals surface area contributed by atoms with Gasteiger partial charge in [-0.2, -0.15) is 0 Å². The van der Waals surface area contributed by atoms with E-state index in [0.717, 1.165) is 0 Å². The maximum atomic E-state index is 10.7. The van der Waals surface area contributed by atoms with Crippen LogP contribution in [0.1, 0.15) is 18.4 Å². The van der Waals surface area contributed by atoms with E-state index in [1.165, 1.54) is 12.1 Å². The molecule has 5 nitrogen and oxygen atoms in total. The predicted molar refractivity (Wildman–Crippen MR) is 59.4 cm³/mol. The lowest BCUT2D eigenvalue weighted by Gasteiger charge is -2.10. The Balaban J connectivity index is 3.13. The van der Waals surface area contributed by atoms with Crippen molar-refractivity contribution in [1.29, 1.82) is 0 Å². The smallest absolute Gasteiger partial charge is 0.273 e. The van der Waals surface area contributed by atoms with Gasteiger partial charge in [0.15, 0.2) is 0 Å². The van der Waals surface area contributed by atoms with E-state index in [0.29, 0.717) is 17.9 Å². The van der Waals surface area contributed by atoms with Crippen LogP contribution in [0.25, 0.3) is 0 Å². The Morgan fingerprint density at radius 1 is 1.56 bits per heavy atom. The van der Waals surface area contributed by atoms with Crippen LogP contribution >= 0.6 is 0 Å². The number of aliphatic hydroxyl groups is 1. The van der Waals surface area contributed by atoms with Crippen molar-refractivity contribution in [2.75, 3.05) is 13.2 Å². The highest BCUT2D eigenvalue weighted by atomic mass is 16.6. The molecule has 0 saturated heterocycles. The van der Waals surface area contributed by atoms with Crippen LogP contribution in [-0.4, -0.2) is 23.2 Å². The number of non-ortho nitro benzene ring substituents is 1. The van der Waals surface area contributed by atoms with Gasteiger partial charge in [-0.25, -0.2) is 0 Å². The Morgan fingerprint density at radius 3 is 2.75 bits per heavy atom. The number of nitrogens with zero attached hydrogens (tertiary/aromatic N) is 1. The zero-order chi connectivity index (χ0) is 12.1. The lowest BCUT2D eigenvalue weighted by molar-refractivity contribution is -0.385. The Hall–Kier alpha value is -1.62. The molecule has 1 rings (SSSR count). The average molecular weight is 224 g/mol. The first kappa shape index (κ1) is 12.4. The molecule has 0 saturated carbocycles. The van der Waals surface area contributed by atoms with Crippen molar-refractivity contribution in [3.8, 4) is 5.75 Å². The van der Waals surface area contributed by atoms with Gasteiger partial charge in [-0.05, 0) is 25.5 Å². The summed E-state index contributed by atoms with van der Waals surface area (Å²) in [6, 6.07) is 4.41.